The van der Waals surface area contributed by atoms with Crippen LogP contribution in [0, 0.1) is 13.8 Å². The van der Waals surface area contributed by atoms with Crippen LogP contribution in [0.15, 0.2) is 71.5 Å². The molecule has 5 aromatic rings. The Morgan fingerprint density at radius 3 is 2.31 bits per heavy atom. The lowest BCUT2D eigenvalue weighted by molar-refractivity contribution is 0.335. The van der Waals surface area contributed by atoms with Crippen molar-refractivity contribution >= 4 is 11.6 Å². The van der Waals surface area contributed by atoms with Gasteiger partial charge in [-0.3, -0.25) is 4.98 Å². The number of hydrogen-bond acceptors (Lipinski definition) is 6. The van der Waals surface area contributed by atoms with Gasteiger partial charge < -0.3 is 10.5 Å². The summed E-state index contributed by atoms with van der Waals surface area (Å²) in [6.45, 7) is 6.58. The average molecular weight is 467 g/mol. The SMILES string of the molecule is CCOc1ccccc1Cn1nc2c(-c3cc(C)nc(C)c3)c(-c3ccccc3)nc(N)n2c1=O. The van der Waals surface area contributed by atoms with Gasteiger partial charge in [0, 0.05) is 22.5 Å². The zero-order valence-corrected chi connectivity index (χ0v) is 19.9. The third-order valence-electron chi connectivity index (χ3n) is 5.77. The molecular weight excluding hydrogens is 440 g/mol. The minimum atomic E-state index is -0.361. The van der Waals surface area contributed by atoms with E-state index >= 15 is 0 Å². The van der Waals surface area contributed by atoms with E-state index in [2.05, 4.69) is 9.97 Å². The number of para-hydroxylation sites is 1. The molecule has 176 valence electrons. The number of aryl methyl sites for hydroxylation is 2. The summed E-state index contributed by atoms with van der Waals surface area (Å²) in [4.78, 5) is 22.7. The second kappa shape index (κ2) is 9.06. The zero-order valence-electron chi connectivity index (χ0n) is 19.9. The van der Waals surface area contributed by atoms with Crippen molar-refractivity contribution in [2.24, 2.45) is 0 Å². The fourth-order valence-corrected chi connectivity index (χ4v) is 4.35. The number of hydrogen-bond donors (Lipinski definition) is 1. The predicted octanol–water partition coefficient (Wildman–Crippen LogP) is 4.27. The van der Waals surface area contributed by atoms with Crippen LogP contribution in [0.4, 0.5) is 5.95 Å². The summed E-state index contributed by atoms with van der Waals surface area (Å²) in [7, 11) is 0. The van der Waals surface area contributed by atoms with Gasteiger partial charge in [-0.05, 0) is 44.5 Å². The number of nitrogens with zero attached hydrogens (tertiary/aromatic N) is 5. The van der Waals surface area contributed by atoms with Crippen molar-refractivity contribution in [3.63, 3.8) is 0 Å². The van der Waals surface area contributed by atoms with Crippen molar-refractivity contribution in [1.82, 2.24) is 24.1 Å². The molecule has 3 aromatic heterocycles. The van der Waals surface area contributed by atoms with E-state index in [1.54, 1.807) is 0 Å². The van der Waals surface area contributed by atoms with Crippen LogP contribution < -0.4 is 16.2 Å². The summed E-state index contributed by atoms with van der Waals surface area (Å²) in [6, 6.07) is 21.3. The molecule has 0 spiro atoms. The van der Waals surface area contributed by atoms with Crippen LogP contribution in [-0.4, -0.2) is 30.8 Å². The number of nitrogens with two attached hydrogens (primary N) is 1. The standard InChI is InChI=1S/C27H26N6O2/c1-4-35-22-13-9-8-12-20(22)16-32-27(34)33-25(31-32)23(21-14-17(2)29-18(3)15-21)24(30-26(33)28)19-10-6-5-7-11-19/h5-15H,4,16H2,1-3H3,(H2,28,30). The fraction of sp³-hybridized carbons (Fsp3) is 0.185. The van der Waals surface area contributed by atoms with Gasteiger partial charge in [-0.2, -0.15) is 0 Å². The highest BCUT2D eigenvalue weighted by molar-refractivity contribution is 5.90. The lowest BCUT2D eigenvalue weighted by Gasteiger charge is -2.13. The first-order valence-corrected chi connectivity index (χ1v) is 11.5. The second-order valence-corrected chi connectivity index (χ2v) is 8.34. The largest absolute Gasteiger partial charge is 0.494 e. The summed E-state index contributed by atoms with van der Waals surface area (Å²) in [6.07, 6.45) is 0. The molecule has 0 atom stereocenters. The molecule has 8 nitrogen and oxygen atoms in total. The van der Waals surface area contributed by atoms with Crippen LogP contribution in [0.5, 0.6) is 5.75 Å². The highest BCUT2D eigenvalue weighted by Gasteiger charge is 2.22. The van der Waals surface area contributed by atoms with Gasteiger partial charge in [-0.1, -0.05) is 48.5 Å². The molecule has 0 amide bonds. The summed E-state index contributed by atoms with van der Waals surface area (Å²) < 4.78 is 8.53. The van der Waals surface area contributed by atoms with Crippen LogP contribution in [-0.2, 0) is 6.54 Å². The third-order valence-corrected chi connectivity index (χ3v) is 5.77. The van der Waals surface area contributed by atoms with Crippen molar-refractivity contribution in [2.45, 2.75) is 27.3 Å². The van der Waals surface area contributed by atoms with Gasteiger partial charge in [0.2, 0.25) is 5.95 Å². The van der Waals surface area contributed by atoms with Gasteiger partial charge in [0.15, 0.2) is 5.65 Å². The Morgan fingerprint density at radius 1 is 0.914 bits per heavy atom. The lowest BCUT2D eigenvalue weighted by atomic mass is 9.99. The van der Waals surface area contributed by atoms with Crippen LogP contribution >= 0.6 is 0 Å². The molecule has 0 fully saturated rings. The molecule has 0 saturated heterocycles. The maximum atomic E-state index is 13.5. The Hall–Kier alpha value is -4.46. The number of aromatic nitrogens is 5. The minimum absolute atomic E-state index is 0.0828. The summed E-state index contributed by atoms with van der Waals surface area (Å²) >= 11 is 0. The van der Waals surface area contributed by atoms with E-state index in [0.29, 0.717) is 17.9 Å². The number of nitrogen functional groups attached to an aromatic ring is 1. The van der Waals surface area contributed by atoms with Crippen molar-refractivity contribution in [3.05, 3.63) is 94.2 Å². The normalized spacial score (nSPS) is 11.2. The molecule has 0 unspecified atom stereocenters. The maximum Gasteiger partial charge on any atom is 0.353 e. The molecule has 3 heterocycles. The number of ether oxygens (including phenoxy) is 1. The molecule has 2 N–H and O–H groups in total. The first-order valence-electron chi connectivity index (χ1n) is 11.5. The Bertz CT molecular complexity index is 1570. The van der Waals surface area contributed by atoms with Gasteiger partial charge in [-0.25, -0.2) is 18.9 Å². The molecule has 0 aliphatic rings. The molecule has 0 bridgehead atoms. The Morgan fingerprint density at radius 2 is 1.60 bits per heavy atom. The molecular formula is C27H26N6O2. The third kappa shape index (κ3) is 4.14. The van der Waals surface area contributed by atoms with Crippen molar-refractivity contribution < 1.29 is 4.74 Å². The van der Waals surface area contributed by atoms with E-state index < -0.39 is 0 Å². The number of benzene rings is 2. The summed E-state index contributed by atoms with van der Waals surface area (Å²) in [5.74, 6) is 0.801. The molecule has 0 aliphatic carbocycles. The highest BCUT2D eigenvalue weighted by atomic mass is 16.5. The van der Waals surface area contributed by atoms with E-state index in [-0.39, 0.29) is 18.2 Å². The average Bonchev–Trinajstić information content (AvgIpc) is 3.16. The van der Waals surface area contributed by atoms with Gasteiger partial charge in [0.1, 0.15) is 5.75 Å². The Balaban J connectivity index is 1.79. The monoisotopic (exact) mass is 466 g/mol. The quantitative estimate of drug-likeness (QED) is 0.401. The van der Waals surface area contributed by atoms with Gasteiger partial charge >= 0.3 is 5.69 Å². The second-order valence-electron chi connectivity index (χ2n) is 8.34. The highest BCUT2D eigenvalue weighted by Crippen LogP contribution is 2.35. The number of fused-ring (bicyclic) bond motifs is 1. The fourth-order valence-electron chi connectivity index (χ4n) is 4.35. The van der Waals surface area contributed by atoms with Gasteiger partial charge in [0.25, 0.3) is 0 Å². The number of pyridine rings is 1. The van der Waals surface area contributed by atoms with E-state index in [0.717, 1.165) is 39.4 Å². The smallest absolute Gasteiger partial charge is 0.353 e. The van der Waals surface area contributed by atoms with E-state index in [1.165, 1.54) is 9.08 Å². The van der Waals surface area contributed by atoms with Crippen LogP contribution in [0.2, 0.25) is 0 Å². The Kier molecular flexibility index (Phi) is 5.78. The topological polar surface area (TPSA) is 100 Å². The molecule has 5 rings (SSSR count). The number of rotatable bonds is 6. The van der Waals surface area contributed by atoms with Crippen LogP contribution in [0.25, 0.3) is 28.0 Å². The molecule has 8 heteroatoms. The van der Waals surface area contributed by atoms with Crippen LogP contribution in [0.3, 0.4) is 0 Å². The van der Waals surface area contributed by atoms with Crippen molar-refractivity contribution in [3.8, 4) is 28.1 Å². The van der Waals surface area contributed by atoms with E-state index in [9.17, 15) is 4.79 Å². The molecule has 0 saturated carbocycles. The van der Waals surface area contributed by atoms with Crippen molar-refractivity contribution in [2.75, 3.05) is 12.3 Å². The maximum absolute atomic E-state index is 13.5. The van der Waals surface area contributed by atoms with Gasteiger partial charge in [-0.15, -0.1) is 5.10 Å². The van der Waals surface area contributed by atoms with E-state index in [4.69, 9.17) is 15.6 Å². The first kappa shape index (κ1) is 22.3. The summed E-state index contributed by atoms with van der Waals surface area (Å²) in [5.41, 5.74) is 12.2. The predicted molar refractivity (Wildman–Crippen MR) is 137 cm³/mol. The molecule has 35 heavy (non-hydrogen) atoms. The Labute approximate surface area is 202 Å². The number of anilines is 1. The summed E-state index contributed by atoms with van der Waals surface area (Å²) in [5, 5.41) is 4.76. The van der Waals surface area contributed by atoms with E-state index in [1.807, 2.05) is 87.5 Å². The van der Waals surface area contributed by atoms with Crippen LogP contribution in [0.1, 0.15) is 23.9 Å². The molecule has 0 aliphatic heterocycles. The van der Waals surface area contributed by atoms with Crippen molar-refractivity contribution in [1.29, 1.82) is 0 Å². The molecule has 0 radical (unpaired) electrons. The first-order chi connectivity index (χ1) is 17.0. The van der Waals surface area contributed by atoms with Gasteiger partial charge in [0.05, 0.1) is 24.4 Å². The minimum Gasteiger partial charge on any atom is -0.494 e. The molecule has 2 aromatic carbocycles. The lowest BCUT2D eigenvalue weighted by Crippen LogP contribution is -2.24. The zero-order chi connectivity index (χ0) is 24.5.